The monoisotopic (exact) mass is 301 g/mol. The van der Waals surface area contributed by atoms with E-state index in [0.29, 0.717) is 0 Å². The number of rotatable bonds is 3. The van der Waals surface area contributed by atoms with Crippen molar-refractivity contribution >= 4 is 21.6 Å². The number of benzene rings is 1. The first kappa shape index (κ1) is 14.2. The lowest BCUT2D eigenvalue weighted by Crippen LogP contribution is -2.49. The zero-order valence-corrected chi connectivity index (χ0v) is 11.0. The summed E-state index contributed by atoms with van der Waals surface area (Å²) in [5.41, 5.74) is -0.701. The van der Waals surface area contributed by atoms with Crippen LogP contribution in [0.25, 0.3) is 0 Å². The molecule has 0 spiro atoms. The molecule has 0 radical (unpaired) electrons. The molecule has 0 aromatic heterocycles. The normalized spacial score (nSPS) is 16.7. The average Bonchev–Trinajstić information content (AvgIpc) is 2.38. The number of sulfonamides is 1. The number of hydrogen-bond acceptors (Lipinski definition) is 6. The Morgan fingerprint density at radius 1 is 1.40 bits per heavy atom. The molecule has 9 nitrogen and oxygen atoms in total. The fraction of sp³-hybridized carbons (Fsp3) is 0.300. The summed E-state index contributed by atoms with van der Waals surface area (Å²) in [4.78, 5) is 20.7. The molecular formula is C10H11N3O6S. The predicted molar refractivity (Wildman–Crippen MR) is 66.5 cm³/mol. The Morgan fingerprint density at radius 2 is 2.10 bits per heavy atom. The minimum absolute atomic E-state index is 0.0861. The predicted octanol–water partition coefficient (Wildman–Crippen LogP) is -0.579. The molecule has 1 amide bonds. The van der Waals surface area contributed by atoms with Gasteiger partial charge in [0.05, 0.1) is 16.4 Å². The third-order valence-electron chi connectivity index (χ3n) is 2.78. The Morgan fingerprint density at radius 3 is 2.70 bits per heavy atom. The van der Waals surface area contributed by atoms with Crippen molar-refractivity contribution in [1.29, 1.82) is 0 Å². The third-order valence-corrected chi connectivity index (χ3v) is 4.63. The molecule has 1 heterocycles. The molecule has 2 rings (SSSR count). The molecule has 1 aliphatic rings. The summed E-state index contributed by atoms with van der Waals surface area (Å²) in [6.45, 7) is -0.0714. The molecule has 0 saturated carbocycles. The van der Waals surface area contributed by atoms with E-state index in [1.807, 2.05) is 0 Å². The molecule has 0 atom stereocenters. The second-order valence-corrected chi connectivity index (χ2v) is 6.03. The van der Waals surface area contributed by atoms with E-state index in [1.54, 1.807) is 0 Å². The zero-order valence-electron chi connectivity index (χ0n) is 10.1. The van der Waals surface area contributed by atoms with Gasteiger partial charge in [0, 0.05) is 19.2 Å². The standard InChI is InChI=1S/C10H11N3O6S/c14-9-2-1-7(5-8(9)13(16)17)20(18,19)12-4-3-11-10(15)6-12/h1-2,5,14H,3-4,6H2,(H,11,15). The van der Waals surface area contributed by atoms with Crippen molar-refractivity contribution in [2.45, 2.75) is 4.90 Å². The van der Waals surface area contributed by atoms with Crippen LogP contribution in [0.15, 0.2) is 23.1 Å². The van der Waals surface area contributed by atoms with Gasteiger partial charge >= 0.3 is 5.69 Å². The molecule has 108 valence electrons. The molecule has 1 aliphatic heterocycles. The van der Waals surface area contributed by atoms with Gasteiger partial charge in [-0.1, -0.05) is 0 Å². The maximum absolute atomic E-state index is 12.3. The van der Waals surface area contributed by atoms with Gasteiger partial charge in [0.15, 0.2) is 5.75 Å². The summed E-state index contributed by atoms with van der Waals surface area (Å²) in [5, 5.41) is 22.5. The first-order chi connectivity index (χ1) is 9.32. The molecule has 1 aromatic rings. The Kier molecular flexibility index (Phi) is 3.59. The van der Waals surface area contributed by atoms with Gasteiger partial charge in [0.25, 0.3) is 0 Å². The van der Waals surface area contributed by atoms with Crippen molar-refractivity contribution in [1.82, 2.24) is 9.62 Å². The molecule has 0 bridgehead atoms. The highest BCUT2D eigenvalue weighted by molar-refractivity contribution is 7.89. The van der Waals surface area contributed by atoms with E-state index in [0.717, 1.165) is 22.5 Å². The van der Waals surface area contributed by atoms with Gasteiger partial charge in [-0.25, -0.2) is 8.42 Å². The number of nitro groups is 1. The number of carbonyl (C=O) groups is 1. The molecule has 1 aromatic carbocycles. The van der Waals surface area contributed by atoms with Crippen LogP contribution >= 0.6 is 0 Å². The van der Waals surface area contributed by atoms with E-state index in [1.165, 1.54) is 0 Å². The van der Waals surface area contributed by atoms with Gasteiger partial charge in [0.2, 0.25) is 15.9 Å². The van der Waals surface area contributed by atoms with Crippen LogP contribution < -0.4 is 5.32 Å². The van der Waals surface area contributed by atoms with Crippen LogP contribution in [0.5, 0.6) is 5.75 Å². The van der Waals surface area contributed by atoms with Crippen molar-refractivity contribution < 1.29 is 23.2 Å². The first-order valence-electron chi connectivity index (χ1n) is 5.56. The number of nitro benzene ring substituents is 1. The number of carbonyl (C=O) groups excluding carboxylic acids is 1. The molecule has 1 fully saturated rings. The van der Waals surface area contributed by atoms with Gasteiger partial charge in [-0.15, -0.1) is 0 Å². The topological polar surface area (TPSA) is 130 Å². The number of nitrogens with zero attached hydrogens (tertiary/aromatic N) is 2. The second kappa shape index (κ2) is 5.06. The number of hydrogen-bond donors (Lipinski definition) is 2. The number of nitrogens with one attached hydrogen (secondary N) is 1. The lowest BCUT2D eigenvalue weighted by molar-refractivity contribution is -0.386. The minimum Gasteiger partial charge on any atom is -0.502 e. The smallest absolute Gasteiger partial charge is 0.312 e. The highest BCUT2D eigenvalue weighted by Gasteiger charge is 2.30. The lowest BCUT2D eigenvalue weighted by atomic mass is 10.3. The van der Waals surface area contributed by atoms with Gasteiger partial charge in [-0.05, 0) is 12.1 Å². The Hall–Kier alpha value is -2.20. The van der Waals surface area contributed by atoms with E-state index in [4.69, 9.17) is 0 Å². The first-order valence-corrected chi connectivity index (χ1v) is 7.00. The van der Waals surface area contributed by atoms with Crippen LogP contribution in [0.4, 0.5) is 5.69 Å². The van der Waals surface area contributed by atoms with Gasteiger partial charge in [-0.2, -0.15) is 4.31 Å². The molecular weight excluding hydrogens is 290 g/mol. The van der Waals surface area contributed by atoms with Crippen LogP contribution in [-0.4, -0.2) is 48.3 Å². The summed E-state index contributed by atoms with van der Waals surface area (Å²) in [7, 11) is -4.01. The van der Waals surface area contributed by atoms with Crippen LogP contribution in [0.3, 0.4) is 0 Å². The van der Waals surface area contributed by atoms with Crippen molar-refractivity contribution in [2.75, 3.05) is 19.6 Å². The van der Waals surface area contributed by atoms with Gasteiger partial charge in [-0.3, -0.25) is 14.9 Å². The Labute approximate surface area is 114 Å². The van der Waals surface area contributed by atoms with E-state index < -0.39 is 32.3 Å². The third kappa shape index (κ3) is 2.56. The average molecular weight is 301 g/mol. The molecule has 20 heavy (non-hydrogen) atoms. The summed E-state index contributed by atoms with van der Waals surface area (Å²) in [6, 6.07) is 2.77. The van der Waals surface area contributed by atoms with E-state index in [2.05, 4.69) is 5.32 Å². The lowest BCUT2D eigenvalue weighted by Gasteiger charge is -2.25. The number of phenolic OH excluding ortho intramolecular Hbond substituents is 1. The van der Waals surface area contributed by atoms with Crippen molar-refractivity contribution in [2.24, 2.45) is 0 Å². The largest absolute Gasteiger partial charge is 0.502 e. The Bertz CT molecular complexity index is 672. The maximum Gasteiger partial charge on any atom is 0.312 e. The summed E-state index contributed by atoms with van der Waals surface area (Å²) < 4.78 is 25.5. The number of phenols is 1. The number of aromatic hydroxyl groups is 1. The number of piperazine rings is 1. The van der Waals surface area contributed by atoms with E-state index in [9.17, 15) is 28.4 Å². The molecule has 1 saturated heterocycles. The second-order valence-electron chi connectivity index (χ2n) is 4.10. The fourth-order valence-corrected chi connectivity index (χ4v) is 3.20. The Balaban J connectivity index is 2.41. The zero-order chi connectivity index (χ0) is 14.9. The van der Waals surface area contributed by atoms with Crippen molar-refractivity contribution in [3.63, 3.8) is 0 Å². The number of amides is 1. The highest BCUT2D eigenvalue weighted by atomic mass is 32.2. The molecule has 2 N–H and O–H groups in total. The van der Waals surface area contributed by atoms with E-state index in [-0.39, 0.29) is 24.5 Å². The fourth-order valence-electron chi connectivity index (χ4n) is 1.78. The molecule has 0 unspecified atom stereocenters. The van der Waals surface area contributed by atoms with Crippen LogP contribution in [-0.2, 0) is 14.8 Å². The SMILES string of the molecule is O=C1CN(S(=O)(=O)c2ccc(O)c([N+](=O)[O-])c2)CCN1. The van der Waals surface area contributed by atoms with E-state index >= 15 is 0 Å². The highest BCUT2D eigenvalue weighted by Crippen LogP contribution is 2.29. The summed E-state index contributed by atoms with van der Waals surface area (Å²) in [5.74, 6) is -1.06. The van der Waals surface area contributed by atoms with Crippen LogP contribution in [0.1, 0.15) is 0 Å². The van der Waals surface area contributed by atoms with Gasteiger partial charge < -0.3 is 10.4 Å². The van der Waals surface area contributed by atoms with Crippen LogP contribution in [0, 0.1) is 10.1 Å². The van der Waals surface area contributed by atoms with Crippen LogP contribution in [0.2, 0.25) is 0 Å². The molecule has 10 heteroatoms. The maximum atomic E-state index is 12.3. The van der Waals surface area contributed by atoms with Crippen molar-refractivity contribution in [3.05, 3.63) is 28.3 Å². The summed E-state index contributed by atoms with van der Waals surface area (Å²) >= 11 is 0. The minimum atomic E-state index is -4.01. The van der Waals surface area contributed by atoms with Crippen molar-refractivity contribution in [3.8, 4) is 5.75 Å². The molecule has 0 aliphatic carbocycles. The quantitative estimate of drug-likeness (QED) is 0.567. The summed E-state index contributed by atoms with van der Waals surface area (Å²) in [6.07, 6.45) is 0. The van der Waals surface area contributed by atoms with Gasteiger partial charge in [0.1, 0.15) is 0 Å².